The third kappa shape index (κ3) is 6.21. The summed E-state index contributed by atoms with van der Waals surface area (Å²) in [6.07, 6.45) is 1.07. The summed E-state index contributed by atoms with van der Waals surface area (Å²) in [5.41, 5.74) is 1.35. The summed E-state index contributed by atoms with van der Waals surface area (Å²) in [5.74, 6) is 0.676. The van der Waals surface area contributed by atoms with E-state index in [4.69, 9.17) is 16.3 Å². The summed E-state index contributed by atoms with van der Waals surface area (Å²) in [6.45, 7) is 3.30. The first kappa shape index (κ1) is 23.1. The quantitative estimate of drug-likeness (QED) is 0.464. The molecule has 0 saturated carbocycles. The number of ether oxygens (including phenoxy) is 1. The average molecular weight is 469 g/mol. The maximum absolute atomic E-state index is 12.8. The maximum atomic E-state index is 12.8. The van der Waals surface area contributed by atoms with Crippen molar-refractivity contribution in [2.45, 2.75) is 29.6 Å². The molecule has 0 radical (unpaired) electrons. The van der Waals surface area contributed by atoms with Crippen molar-refractivity contribution in [3.05, 3.63) is 53.1 Å². The van der Waals surface area contributed by atoms with Gasteiger partial charge in [-0.15, -0.1) is 11.8 Å². The molecule has 1 amide bonds. The van der Waals surface area contributed by atoms with Crippen LogP contribution in [0.1, 0.15) is 18.4 Å². The van der Waals surface area contributed by atoms with Gasteiger partial charge in [0, 0.05) is 35.1 Å². The van der Waals surface area contributed by atoms with Gasteiger partial charge in [0.15, 0.2) is 0 Å². The van der Waals surface area contributed by atoms with Gasteiger partial charge in [0.25, 0.3) is 0 Å². The first-order valence-electron chi connectivity index (χ1n) is 9.73. The normalized spacial score (nSPS) is 15.1. The number of nitrogens with one attached hydrogen (secondary N) is 1. The molecule has 162 valence electrons. The van der Waals surface area contributed by atoms with Crippen LogP contribution in [0, 0.1) is 6.92 Å². The minimum atomic E-state index is -3.60. The van der Waals surface area contributed by atoms with Gasteiger partial charge in [0.05, 0.1) is 18.1 Å². The van der Waals surface area contributed by atoms with Crippen LogP contribution in [0.5, 0.6) is 0 Å². The fraction of sp³-hybridized carbons (Fsp3) is 0.381. The van der Waals surface area contributed by atoms with Gasteiger partial charge in [-0.3, -0.25) is 4.79 Å². The van der Waals surface area contributed by atoms with Crippen LogP contribution in [0.2, 0.25) is 5.02 Å². The van der Waals surface area contributed by atoms with Crippen molar-refractivity contribution in [1.82, 2.24) is 4.31 Å². The molecule has 1 aliphatic rings. The van der Waals surface area contributed by atoms with Gasteiger partial charge in [0.2, 0.25) is 15.9 Å². The summed E-state index contributed by atoms with van der Waals surface area (Å²) in [7, 11) is -3.60. The Hall–Kier alpha value is -1.58. The summed E-state index contributed by atoms with van der Waals surface area (Å²) < 4.78 is 32.4. The van der Waals surface area contributed by atoms with Crippen molar-refractivity contribution < 1.29 is 17.9 Å². The molecule has 6 nitrogen and oxygen atoms in total. The van der Waals surface area contributed by atoms with Crippen molar-refractivity contribution >= 4 is 45.0 Å². The van der Waals surface area contributed by atoms with Crippen LogP contribution in [0.15, 0.2) is 52.3 Å². The number of nitrogens with zero attached hydrogens (tertiary/aromatic N) is 1. The predicted octanol–water partition coefficient (Wildman–Crippen LogP) is 4.18. The molecule has 1 heterocycles. The van der Waals surface area contributed by atoms with Gasteiger partial charge in [-0.05, 0) is 61.1 Å². The summed E-state index contributed by atoms with van der Waals surface area (Å²) in [6, 6.07) is 12.4. The number of hydrogen-bond acceptors (Lipinski definition) is 5. The number of halogens is 1. The highest BCUT2D eigenvalue weighted by Crippen LogP contribution is 2.25. The number of amides is 1. The molecule has 0 atom stereocenters. The second kappa shape index (κ2) is 10.6. The Balaban J connectivity index is 1.55. The molecular weight excluding hydrogens is 444 g/mol. The lowest BCUT2D eigenvalue weighted by Crippen LogP contribution is -2.40. The second-order valence-electron chi connectivity index (χ2n) is 6.95. The molecular formula is C21H25ClN2O4S2. The summed E-state index contributed by atoms with van der Waals surface area (Å²) in [5, 5.41) is 3.56. The van der Waals surface area contributed by atoms with E-state index < -0.39 is 10.0 Å². The van der Waals surface area contributed by atoms with E-state index >= 15 is 0 Å². The molecule has 1 fully saturated rings. The molecule has 2 aromatic carbocycles. The number of rotatable bonds is 8. The maximum Gasteiger partial charge on any atom is 0.243 e. The Bertz CT molecular complexity index is 975. The molecule has 9 heteroatoms. The fourth-order valence-electron chi connectivity index (χ4n) is 3.00. The third-order valence-corrected chi connectivity index (χ3v) is 7.97. The molecule has 1 N–H and O–H groups in total. The molecule has 2 aromatic rings. The van der Waals surface area contributed by atoms with Crippen molar-refractivity contribution in [2.24, 2.45) is 0 Å². The molecule has 0 spiro atoms. The molecule has 1 aliphatic heterocycles. The van der Waals surface area contributed by atoms with Crippen molar-refractivity contribution in [3.8, 4) is 0 Å². The van der Waals surface area contributed by atoms with E-state index in [1.165, 1.54) is 4.31 Å². The van der Waals surface area contributed by atoms with E-state index in [9.17, 15) is 13.2 Å². The smallest absolute Gasteiger partial charge is 0.243 e. The monoisotopic (exact) mass is 468 g/mol. The molecule has 0 aliphatic carbocycles. The number of carbonyl (C=O) groups is 1. The topological polar surface area (TPSA) is 75.7 Å². The van der Waals surface area contributed by atoms with E-state index in [1.807, 2.05) is 31.2 Å². The number of sulfonamides is 1. The van der Waals surface area contributed by atoms with Crippen molar-refractivity contribution in [1.29, 1.82) is 0 Å². The fourth-order valence-corrected chi connectivity index (χ4v) is 5.41. The van der Waals surface area contributed by atoms with Gasteiger partial charge in [0.1, 0.15) is 0 Å². The Morgan fingerprint density at radius 2 is 1.87 bits per heavy atom. The molecule has 0 aromatic heterocycles. The second-order valence-corrected chi connectivity index (χ2v) is 10.5. The lowest BCUT2D eigenvalue weighted by Gasteiger charge is -2.26. The standard InChI is InChI=1S/C21H25ClN2O4S2/c1-16-4-9-19(30(26,27)24-10-12-28-13-11-24)15-20(16)23-21(25)3-2-14-29-18-7-5-17(22)6-8-18/h4-9,15H,2-3,10-14H2,1H3,(H,23,25). The van der Waals surface area contributed by atoms with Crippen molar-refractivity contribution in [3.63, 3.8) is 0 Å². The SMILES string of the molecule is Cc1ccc(S(=O)(=O)N2CCOCC2)cc1NC(=O)CCCSc1ccc(Cl)cc1. The zero-order valence-electron chi connectivity index (χ0n) is 16.8. The van der Waals surface area contributed by atoms with E-state index in [0.717, 1.165) is 16.2 Å². The van der Waals surface area contributed by atoms with E-state index in [-0.39, 0.29) is 10.8 Å². The zero-order chi connectivity index (χ0) is 21.6. The van der Waals surface area contributed by atoms with Crippen LogP contribution in [-0.4, -0.2) is 50.7 Å². The Morgan fingerprint density at radius 1 is 1.17 bits per heavy atom. The van der Waals surface area contributed by atoms with E-state index in [0.29, 0.717) is 49.9 Å². The first-order valence-corrected chi connectivity index (χ1v) is 12.5. The Morgan fingerprint density at radius 3 is 2.57 bits per heavy atom. The van der Waals surface area contributed by atoms with Crippen LogP contribution in [0.4, 0.5) is 5.69 Å². The molecule has 0 unspecified atom stereocenters. The largest absolute Gasteiger partial charge is 0.379 e. The van der Waals surface area contributed by atoms with Gasteiger partial charge >= 0.3 is 0 Å². The molecule has 30 heavy (non-hydrogen) atoms. The lowest BCUT2D eigenvalue weighted by molar-refractivity contribution is -0.116. The minimum absolute atomic E-state index is 0.129. The Labute approximate surface area is 187 Å². The summed E-state index contributed by atoms with van der Waals surface area (Å²) in [4.78, 5) is 13.7. The number of carbonyl (C=O) groups excluding carboxylic acids is 1. The van der Waals surface area contributed by atoms with Crippen LogP contribution in [0.3, 0.4) is 0 Å². The van der Waals surface area contributed by atoms with Crippen molar-refractivity contribution in [2.75, 3.05) is 37.4 Å². The number of hydrogen-bond donors (Lipinski definition) is 1. The zero-order valence-corrected chi connectivity index (χ0v) is 19.2. The number of aryl methyl sites for hydroxylation is 1. The van der Waals surface area contributed by atoms with Gasteiger partial charge < -0.3 is 10.1 Å². The number of thioether (sulfide) groups is 1. The molecule has 1 saturated heterocycles. The van der Waals surface area contributed by atoms with Gasteiger partial charge in [-0.2, -0.15) is 4.31 Å². The average Bonchev–Trinajstić information content (AvgIpc) is 2.74. The highest BCUT2D eigenvalue weighted by Gasteiger charge is 2.26. The van der Waals surface area contributed by atoms with Crippen LogP contribution in [-0.2, 0) is 19.6 Å². The highest BCUT2D eigenvalue weighted by atomic mass is 35.5. The number of benzene rings is 2. The van der Waals surface area contributed by atoms with E-state index in [1.54, 1.807) is 30.0 Å². The van der Waals surface area contributed by atoms with Gasteiger partial charge in [-0.25, -0.2) is 8.42 Å². The van der Waals surface area contributed by atoms with Crippen LogP contribution >= 0.6 is 23.4 Å². The Kier molecular flexibility index (Phi) is 8.19. The first-order chi connectivity index (χ1) is 14.4. The molecule has 0 bridgehead atoms. The third-order valence-electron chi connectivity index (χ3n) is 4.72. The van der Waals surface area contributed by atoms with E-state index in [2.05, 4.69) is 5.32 Å². The van der Waals surface area contributed by atoms with Gasteiger partial charge in [-0.1, -0.05) is 17.7 Å². The number of morpholine rings is 1. The highest BCUT2D eigenvalue weighted by molar-refractivity contribution is 7.99. The van der Waals surface area contributed by atoms with Crippen LogP contribution < -0.4 is 5.32 Å². The molecule has 3 rings (SSSR count). The lowest BCUT2D eigenvalue weighted by atomic mass is 10.2. The number of anilines is 1. The summed E-state index contributed by atoms with van der Waals surface area (Å²) >= 11 is 7.55. The minimum Gasteiger partial charge on any atom is -0.379 e. The van der Waals surface area contributed by atoms with Crippen LogP contribution in [0.25, 0.3) is 0 Å². The predicted molar refractivity (Wildman–Crippen MR) is 121 cm³/mol.